The van der Waals surface area contributed by atoms with Gasteiger partial charge in [-0.3, -0.25) is 14.2 Å². The van der Waals surface area contributed by atoms with Crippen LogP contribution in [0.3, 0.4) is 0 Å². The molecule has 1 saturated heterocycles. The Labute approximate surface area is 153 Å². The number of aromatic nitrogens is 2. The molecule has 2 aromatic heterocycles. The highest BCUT2D eigenvalue weighted by molar-refractivity contribution is 7.99. The summed E-state index contributed by atoms with van der Waals surface area (Å²) in [6, 6.07) is 7.41. The molecule has 26 heavy (non-hydrogen) atoms. The van der Waals surface area contributed by atoms with Crippen LogP contribution < -0.4 is 10.9 Å². The van der Waals surface area contributed by atoms with E-state index in [9.17, 15) is 9.59 Å². The van der Waals surface area contributed by atoms with Gasteiger partial charge >= 0.3 is 0 Å². The SMILES string of the molecule is Cn1c(SCC(=O)NC[C@H]2CCCO2)nc2c(oc3ccccc32)c1=O. The fourth-order valence-electron chi connectivity index (χ4n) is 3.04. The number of para-hydroxylation sites is 1. The summed E-state index contributed by atoms with van der Waals surface area (Å²) in [6.45, 7) is 1.29. The van der Waals surface area contributed by atoms with Crippen LogP contribution in [0.25, 0.3) is 22.1 Å². The van der Waals surface area contributed by atoms with Crippen molar-refractivity contribution in [2.45, 2.75) is 24.1 Å². The molecule has 1 atom stereocenters. The molecule has 1 amide bonds. The van der Waals surface area contributed by atoms with Crippen LogP contribution in [0, 0.1) is 0 Å². The molecular formula is C18H19N3O4S. The Morgan fingerprint density at radius 1 is 1.42 bits per heavy atom. The van der Waals surface area contributed by atoms with Gasteiger partial charge < -0.3 is 14.5 Å². The zero-order chi connectivity index (χ0) is 18.1. The van der Waals surface area contributed by atoms with Gasteiger partial charge in [-0.15, -0.1) is 0 Å². The van der Waals surface area contributed by atoms with E-state index in [1.165, 1.54) is 16.3 Å². The molecule has 0 bridgehead atoms. The summed E-state index contributed by atoms with van der Waals surface area (Å²) >= 11 is 1.24. The van der Waals surface area contributed by atoms with Crippen LogP contribution in [-0.2, 0) is 16.6 Å². The minimum absolute atomic E-state index is 0.100. The van der Waals surface area contributed by atoms with Crippen molar-refractivity contribution in [2.75, 3.05) is 18.9 Å². The van der Waals surface area contributed by atoms with Gasteiger partial charge in [-0.25, -0.2) is 4.98 Å². The quantitative estimate of drug-likeness (QED) is 0.544. The average molecular weight is 373 g/mol. The molecule has 8 heteroatoms. The molecule has 0 aliphatic carbocycles. The molecule has 7 nitrogen and oxygen atoms in total. The second-order valence-corrected chi connectivity index (χ2v) is 7.20. The summed E-state index contributed by atoms with van der Waals surface area (Å²) in [5.74, 6) is 0.0887. The zero-order valence-electron chi connectivity index (χ0n) is 14.4. The van der Waals surface area contributed by atoms with Crippen molar-refractivity contribution in [1.29, 1.82) is 0 Å². The van der Waals surface area contributed by atoms with Gasteiger partial charge in [-0.05, 0) is 25.0 Å². The van der Waals surface area contributed by atoms with Crippen LogP contribution in [-0.4, -0.2) is 40.5 Å². The summed E-state index contributed by atoms with van der Waals surface area (Å²) in [5, 5.41) is 4.16. The van der Waals surface area contributed by atoms with Crippen LogP contribution >= 0.6 is 11.8 Å². The molecule has 1 aliphatic rings. The summed E-state index contributed by atoms with van der Waals surface area (Å²) in [5.41, 5.74) is 1.14. The molecule has 1 aliphatic heterocycles. The Balaban J connectivity index is 1.52. The van der Waals surface area contributed by atoms with Gasteiger partial charge in [0.05, 0.1) is 11.9 Å². The first-order valence-electron chi connectivity index (χ1n) is 8.53. The molecule has 0 radical (unpaired) electrons. The lowest BCUT2D eigenvalue weighted by atomic mass is 10.2. The summed E-state index contributed by atoms with van der Waals surface area (Å²) in [7, 11) is 1.63. The lowest BCUT2D eigenvalue weighted by Crippen LogP contribution is -2.33. The number of amides is 1. The lowest BCUT2D eigenvalue weighted by molar-refractivity contribution is -0.119. The second kappa shape index (κ2) is 7.13. The van der Waals surface area contributed by atoms with Crippen LogP contribution in [0.5, 0.6) is 0 Å². The van der Waals surface area contributed by atoms with Crippen molar-refractivity contribution in [2.24, 2.45) is 7.05 Å². The summed E-state index contributed by atoms with van der Waals surface area (Å²) in [4.78, 5) is 29.2. The maximum absolute atomic E-state index is 12.6. The lowest BCUT2D eigenvalue weighted by Gasteiger charge is -2.11. The Morgan fingerprint density at radius 3 is 3.08 bits per heavy atom. The highest BCUT2D eigenvalue weighted by Crippen LogP contribution is 2.26. The number of furan rings is 1. The first-order valence-corrected chi connectivity index (χ1v) is 9.51. The maximum Gasteiger partial charge on any atom is 0.297 e. The van der Waals surface area contributed by atoms with E-state index in [-0.39, 0.29) is 28.9 Å². The summed E-state index contributed by atoms with van der Waals surface area (Å²) < 4.78 is 12.6. The fourth-order valence-corrected chi connectivity index (χ4v) is 3.84. The van der Waals surface area contributed by atoms with Gasteiger partial charge in [-0.2, -0.15) is 0 Å². The number of fused-ring (bicyclic) bond motifs is 3. The van der Waals surface area contributed by atoms with Crippen LogP contribution in [0.15, 0.2) is 38.6 Å². The molecule has 0 saturated carbocycles. The van der Waals surface area contributed by atoms with E-state index in [1.54, 1.807) is 7.05 Å². The van der Waals surface area contributed by atoms with Gasteiger partial charge in [-0.1, -0.05) is 23.9 Å². The number of rotatable bonds is 5. The number of hydrogen-bond donors (Lipinski definition) is 1. The minimum Gasteiger partial charge on any atom is -0.448 e. The molecule has 0 unspecified atom stereocenters. The molecule has 1 fully saturated rings. The number of nitrogens with zero attached hydrogens (tertiary/aromatic N) is 2. The molecule has 0 spiro atoms. The number of carbonyl (C=O) groups is 1. The average Bonchev–Trinajstić information content (AvgIpc) is 3.29. The predicted octanol–water partition coefficient (Wildman–Crippen LogP) is 2.07. The molecule has 3 heterocycles. The van der Waals surface area contributed by atoms with E-state index in [0.29, 0.717) is 22.8 Å². The predicted molar refractivity (Wildman–Crippen MR) is 99.5 cm³/mol. The van der Waals surface area contributed by atoms with Crippen molar-refractivity contribution < 1.29 is 13.9 Å². The van der Waals surface area contributed by atoms with E-state index in [1.807, 2.05) is 24.3 Å². The fraction of sp³-hybridized carbons (Fsp3) is 0.389. The maximum atomic E-state index is 12.6. The van der Waals surface area contributed by atoms with Crippen molar-refractivity contribution in [3.63, 3.8) is 0 Å². The molecule has 1 aromatic carbocycles. The Morgan fingerprint density at radius 2 is 2.27 bits per heavy atom. The van der Waals surface area contributed by atoms with E-state index in [0.717, 1.165) is 24.8 Å². The normalized spacial score (nSPS) is 17.2. The van der Waals surface area contributed by atoms with Crippen molar-refractivity contribution in [1.82, 2.24) is 14.9 Å². The minimum atomic E-state index is -0.256. The monoisotopic (exact) mass is 373 g/mol. The highest BCUT2D eigenvalue weighted by atomic mass is 32.2. The van der Waals surface area contributed by atoms with E-state index in [4.69, 9.17) is 9.15 Å². The third kappa shape index (κ3) is 3.22. The smallest absolute Gasteiger partial charge is 0.297 e. The van der Waals surface area contributed by atoms with E-state index in [2.05, 4.69) is 10.3 Å². The van der Waals surface area contributed by atoms with Gasteiger partial charge in [0.1, 0.15) is 11.1 Å². The van der Waals surface area contributed by atoms with Crippen molar-refractivity contribution >= 4 is 39.7 Å². The highest BCUT2D eigenvalue weighted by Gasteiger charge is 2.18. The Kier molecular flexibility index (Phi) is 4.69. The number of hydrogen-bond acceptors (Lipinski definition) is 6. The first-order chi connectivity index (χ1) is 12.6. The van der Waals surface area contributed by atoms with Crippen molar-refractivity contribution in [3.05, 3.63) is 34.6 Å². The largest absolute Gasteiger partial charge is 0.448 e. The third-order valence-corrected chi connectivity index (χ3v) is 5.48. The van der Waals surface area contributed by atoms with Gasteiger partial charge in [0.15, 0.2) is 5.16 Å². The van der Waals surface area contributed by atoms with Crippen LogP contribution in [0.1, 0.15) is 12.8 Å². The standard InChI is InChI=1S/C18H19N3O4S/c1-21-17(23)16-15(12-6-2-3-7-13(12)25-16)20-18(21)26-10-14(22)19-9-11-5-4-8-24-11/h2-3,6-7,11H,4-5,8-10H2,1H3,(H,19,22)/t11-/m1/s1. The topological polar surface area (TPSA) is 86.4 Å². The first kappa shape index (κ1) is 17.1. The van der Waals surface area contributed by atoms with E-state index >= 15 is 0 Å². The number of benzene rings is 1. The van der Waals surface area contributed by atoms with Crippen LogP contribution in [0.2, 0.25) is 0 Å². The molecule has 136 valence electrons. The van der Waals surface area contributed by atoms with Gasteiger partial charge in [0.2, 0.25) is 11.5 Å². The van der Waals surface area contributed by atoms with Gasteiger partial charge in [0.25, 0.3) is 5.56 Å². The number of carbonyl (C=O) groups excluding carboxylic acids is 1. The van der Waals surface area contributed by atoms with Gasteiger partial charge in [0, 0.05) is 25.6 Å². The second-order valence-electron chi connectivity index (χ2n) is 6.26. The summed E-state index contributed by atoms with van der Waals surface area (Å²) in [6.07, 6.45) is 2.13. The number of thioether (sulfide) groups is 1. The third-order valence-electron chi connectivity index (χ3n) is 4.45. The molecular weight excluding hydrogens is 354 g/mol. The zero-order valence-corrected chi connectivity index (χ0v) is 15.2. The molecule has 4 rings (SSSR count). The Bertz CT molecular complexity index is 1020. The molecule has 1 N–H and O–H groups in total. The van der Waals surface area contributed by atoms with Crippen molar-refractivity contribution in [3.8, 4) is 0 Å². The van der Waals surface area contributed by atoms with Crippen LogP contribution in [0.4, 0.5) is 0 Å². The number of nitrogens with one attached hydrogen (secondary N) is 1. The number of ether oxygens (including phenoxy) is 1. The van der Waals surface area contributed by atoms with E-state index < -0.39 is 0 Å². The molecule has 3 aromatic rings. The Hall–Kier alpha value is -2.32.